The first-order valence-corrected chi connectivity index (χ1v) is 11.8. The van der Waals surface area contributed by atoms with E-state index in [9.17, 15) is 8.42 Å². The van der Waals surface area contributed by atoms with Crippen molar-refractivity contribution in [3.05, 3.63) is 48.5 Å². The maximum atomic E-state index is 11.7. The molecule has 0 aliphatic heterocycles. The molecule has 0 heterocycles. The third-order valence-corrected chi connectivity index (χ3v) is 7.94. The molecule has 2 aromatic rings. The number of benzene rings is 2. The van der Waals surface area contributed by atoms with Crippen LogP contribution in [0.2, 0.25) is 0 Å². The van der Waals surface area contributed by atoms with Crippen molar-refractivity contribution in [2.45, 2.75) is 51.9 Å². The van der Waals surface area contributed by atoms with E-state index in [1.807, 2.05) is 18.2 Å². The van der Waals surface area contributed by atoms with Crippen molar-refractivity contribution in [2.24, 2.45) is 0 Å². The Labute approximate surface area is 159 Å². The van der Waals surface area contributed by atoms with Gasteiger partial charge in [0.2, 0.25) is 0 Å². The summed E-state index contributed by atoms with van der Waals surface area (Å²) >= 11 is 0. The Balaban J connectivity index is 2.72. The molecule has 0 aliphatic rings. The molecule has 0 spiro atoms. The van der Waals surface area contributed by atoms with E-state index in [0.717, 1.165) is 17.4 Å². The highest BCUT2D eigenvalue weighted by molar-refractivity contribution is 7.86. The van der Waals surface area contributed by atoms with Gasteiger partial charge in [-0.2, -0.15) is 8.42 Å². The molecule has 26 heavy (non-hydrogen) atoms. The molecule has 2 aromatic carbocycles. The predicted molar refractivity (Wildman–Crippen MR) is 113 cm³/mol. The Morgan fingerprint density at radius 3 is 1.73 bits per heavy atom. The molecule has 0 fully saturated rings. The maximum absolute atomic E-state index is 11.7. The zero-order chi connectivity index (χ0) is 19.8. The fraction of sp³-hybridized carbons (Fsp3) is 0.429. The van der Waals surface area contributed by atoms with E-state index in [1.165, 1.54) is 5.30 Å². The quantitative estimate of drug-likeness (QED) is 0.517. The maximum Gasteiger partial charge on any atom is 0.306 e. The Kier molecular flexibility index (Phi) is 5.90. The second-order valence-corrected chi connectivity index (χ2v) is 13.9. The molecular weight excluding hydrogens is 363 g/mol. The van der Waals surface area contributed by atoms with Gasteiger partial charge < -0.3 is 4.18 Å². The van der Waals surface area contributed by atoms with Crippen LogP contribution in [-0.4, -0.2) is 25.0 Å². The van der Waals surface area contributed by atoms with Crippen molar-refractivity contribution < 1.29 is 12.6 Å². The largest absolute Gasteiger partial charge is 0.382 e. The van der Waals surface area contributed by atoms with Crippen molar-refractivity contribution in [1.82, 2.24) is 0 Å². The summed E-state index contributed by atoms with van der Waals surface area (Å²) in [5, 5.41) is 1.49. The molecule has 0 N–H and O–H groups in total. The molecule has 0 atom stereocenters. The summed E-state index contributed by atoms with van der Waals surface area (Å²) in [5.41, 5.74) is 1.86. The molecule has 0 amide bonds. The zero-order valence-corrected chi connectivity index (χ0v) is 18.4. The van der Waals surface area contributed by atoms with Crippen molar-refractivity contribution >= 4 is 23.3 Å². The Morgan fingerprint density at radius 2 is 1.23 bits per heavy atom. The van der Waals surface area contributed by atoms with Crippen LogP contribution < -0.4 is 9.49 Å². The lowest BCUT2D eigenvalue weighted by Crippen LogP contribution is -2.31. The molecule has 0 saturated carbocycles. The first-order valence-electron chi connectivity index (χ1n) is 8.69. The smallest absolute Gasteiger partial charge is 0.306 e. The van der Waals surface area contributed by atoms with Crippen LogP contribution in [0.15, 0.2) is 48.5 Å². The minimum absolute atomic E-state index is 0.107. The van der Waals surface area contributed by atoms with Gasteiger partial charge in [-0.1, -0.05) is 91.9 Å². The summed E-state index contributed by atoms with van der Waals surface area (Å²) in [6, 6.07) is 15.6. The number of hydrogen-bond donors (Lipinski definition) is 0. The first-order chi connectivity index (χ1) is 11.8. The standard InChI is InChI=1S/C21H29O3PS/c1-20(2,3)25(21(4,5)6)19-15-11-9-13-17(19)16-12-8-10-14-18(16)24-26(7,22)23/h8-15H,1-7H3. The van der Waals surface area contributed by atoms with Gasteiger partial charge in [0.25, 0.3) is 0 Å². The highest BCUT2D eigenvalue weighted by atomic mass is 32.2. The van der Waals surface area contributed by atoms with Crippen molar-refractivity contribution in [3.63, 3.8) is 0 Å². The molecule has 0 aromatic heterocycles. The third kappa shape index (κ3) is 5.08. The predicted octanol–water partition coefficient (Wildman–Crippen LogP) is 5.40. The van der Waals surface area contributed by atoms with E-state index in [4.69, 9.17) is 4.18 Å². The molecule has 0 aliphatic carbocycles. The molecule has 3 nitrogen and oxygen atoms in total. The van der Waals surface area contributed by atoms with Crippen LogP contribution in [0.5, 0.6) is 5.75 Å². The summed E-state index contributed by atoms with van der Waals surface area (Å²) in [6.07, 6.45) is 1.08. The molecule has 2 rings (SSSR count). The lowest BCUT2D eigenvalue weighted by molar-refractivity contribution is 0.494. The number of hydrogen-bond acceptors (Lipinski definition) is 3. The summed E-state index contributed by atoms with van der Waals surface area (Å²) < 4.78 is 28.7. The van der Waals surface area contributed by atoms with E-state index in [2.05, 4.69) is 59.7 Å². The Morgan fingerprint density at radius 1 is 0.769 bits per heavy atom. The summed E-state index contributed by atoms with van der Waals surface area (Å²) in [4.78, 5) is 0. The minimum atomic E-state index is -3.59. The topological polar surface area (TPSA) is 43.4 Å². The fourth-order valence-corrected chi connectivity index (χ4v) is 8.15. The van der Waals surface area contributed by atoms with Gasteiger partial charge in [0.05, 0.1) is 6.26 Å². The molecule has 0 bridgehead atoms. The normalized spacial score (nSPS) is 13.1. The van der Waals surface area contributed by atoms with Crippen molar-refractivity contribution in [2.75, 3.05) is 6.26 Å². The van der Waals surface area contributed by atoms with Crippen LogP contribution in [0.3, 0.4) is 0 Å². The van der Waals surface area contributed by atoms with Gasteiger partial charge in [0.1, 0.15) is 5.75 Å². The minimum Gasteiger partial charge on any atom is -0.382 e. The average Bonchev–Trinajstić information content (AvgIpc) is 2.44. The van der Waals surface area contributed by atoms with Gasteiger partial charge in [-0.05, 0) is 27.2 Å². The second-order valence-electron chi connectivity index (χ2n) is 8.48. The van der Waals surface area contributed by atoms with Crippen LogP contribution >= 0.6 is 7.92 Å². The van der Waals surface area contributed by atoms with Gasteiger partial charge in [0, 0.05) is 5.56 Å². The monoisotopic (exact) mass is 392 g/mol. The van der Waals surface area contributed by atoms with Crippen LogP contribution in [-0.2, 0) is 10.1 Å². The molecule has 0 saturated heterocycles. The molecule has 0 radical (unpaired) electrons. The van der Waals surface area contributed by atoms with Crippen LogP contribution in [0, 0.1) is 0 Å². The SMILES string of the molecule is CC(C)(C)P(c1ccccc1-c1ccccc1OS(C)(=O)=O)C(C)(C)C. The molecule has 5 heteroatoms. The van der Waals surface area contributed by atoms with E-state index in [-0.39, 0.29) is 10.3 Å². The van der Waals surface area contributed by atoms with Gasteiger partial charge >= 0.3 is 10.1 Å². The lowest BCUT2D eigenvalue weighted by atomic mass is 10.0. The Bertz CT molecular complexity index is 861. The fourth-order valence-electron chi connectivity index (χ4n) is 3.55. The lowest BCUT2D eigenvalue weighted by Gasteiger charge is -2.42. The van der Waals surface area contributed by atoms with E-state index >= 15 is 0 Å². The molecule has 142 valence electrons. The van der Waals surface area contributed by atoms with Crippen molar-refractivity contribution in [1.29, 1.82) is 0 Å². The van der Waals surface area contributed by atoms with E-state index in [1.54, 1.807) is 12.1 Å². The summed E-state index contributed by atoms with van der Waals surface area (Å²) in [5.74, 6) is 0.375. The van der Waals surface area contributed by atoms with E-state index in [0.29, 0.717) is 5.75 Å². The third-order valence-electron chi connectivity index (χ3n) is 3.90. The summed E-state index contributed by atoms with van der Waals surface area (Å²) in [7, 11) is -4.13. The van der Waals surface area contributed by atoms with Gasteiger partial charge in [-0.15, -0.1) is 0 Å². The second kappa shape index (κ2) is 7.32. The van der Waals surface area contributed by atoms with Crippen LogP contribution in [0.25, 0.3) is 11.1 Å². The van der Waals surface area contributed by atoms with Gasteiger partial charge in [-0.3, -0.25) is 0 Å². The molecule has 0 unspecified atom stereocenters. The highest BCUT2D eigenvalue weighted by Gasteiger charge is 2.37. The van der Waals surface area contributed by atoms with Gasteiger partial charge in [0.15, 0.2) is 0 Å². The number of para-hydroxylation sites is 1. The van der Waals surface area contributed by atoms with Crippen molar-refractivity contribution in [3.8, 4) is 16.9 Å². The van der Waals surface area contributed by atoms with E-state index < -0.39 is 18.0 Å². The first kappa shape index (κ1) is 20.9. The Hall–Kier alpha value is -1.38. The molecular formula is C21H29O3PS. The zero-order valence-electron chi connectivity index (χ0n) is 16.7. The average molecular weight is 393 g/mol. The van der Waals surface area contributed by atoms with Crippen LogP contribution in [0.4, 0.5) is 0 Å². The van der Waals surface area contributed by atoms with Crippen LogP contribution in [0.1, 0.15) is 41.5 Å². The highest BCUT2D eigenvalue weighted by Crippen LogP contribution is 2.59. The van der Waals surface area contributed by atoms with Gasteiger partial charge in [-0.25, -0.2) is 0 Å². The number of rotatable bonds is 4. The summed E-state index contributed by atoms with van der Waals surface area (Å²) in [6.45, 7) is 13.7.